The van der Waals surface area contributed by atoms with Crippen LogP contribution in [-0.2, 0) is 14.8 Å². The Kier molecular flexibility index (Phi) is 5.96. The van der Waals surface area contributed by atoms with Crippen LogP contribution < -0.4 is 9.46 Å². The predicted molar refractivity (Wildman–Crippen MR) is 123 cm³/mol. The van der Waals surface area contributed by atoms with Crippen LogP contribution in [-0.4, -0.2) is 49.8 Å². The maximum absolute atomic E-state index is 12.9. The van der Waals surface area contributed by atoms with Crippen molar-refractivity contribution in [2.45, 2.75) is 29.4 Å². The van der Waals surface area contributed by atoms with E-state index in [1.807, 2.05) is 53.1 Å². The Balaban J connectivity index is 1.42. The summed E-state index contributed by atoms with van der Waals surface area (Å²) in [6, 6.07) is 17.7. The summed E-state index contributed by atoms with van der Waals surface area (Å²) in [4.78, 5) is -0.266. The lowest BCUT2D eigenvalue weighted by Gasteiger charge is -2.36. The fourth-order valence-corrected chi connectivity index (χ4v) is 5.75. The Hall–Kier alpha value is -3.12. The second-order valence-electron chi connectivity index (χ2n) is 8.25. The van der Waals surface area contributed by atoms with Crippen molar-refractivity contribution >= 4 is 31.8 Å². The highest BCUT2D eigenvalue weighted by atomic mass is 32.2. The molecule has 0 bridgehead atoms. The molecule has 1 saturated heterocycles. The molecule has 2 N–H and O–H groups in total. The number of aliphatic hydroxyl groups is 1. The van der Waals surface area contributed by atoms with Crippen LogP contribution in [0.1, 0.15) is 6.04 Å². The van der Waals surface area contributed by atoms with E-state index in [1.165, 1.54) is 0 Å². The van der Waals surface area contributed by atoms with Gasteiger partial charge in [-0.1, -0.05) is 36.4 Å². The Morgan fingerprint density at radius 2 is 1.49 bits per heavy atom. The molecular weight excluding hydrogens is 485 g/mol. The monoisotopic (exact) mass is 506 g/mol. The van der Waals surface area contributed by atoms with E-state index >= 15 is 0 Å². The molecule has 1 aliphatic rings. The van der Waals surface area contributed by atoms with E-state index in [4.69, 9.17) is 4.74 Å². The van der Waals surface area contributed by atoms with Gasteiger partial charge in [0.05, 0.1) is 36.3 Å². The molecule has 0 radical (unpaired) electrons. The number of nitrogens with zero attached hydrogens (tertiary/aromatic N) is 1. The van der Waals surface area contributed by atoms with Crippen LogP contribution in [0, 0.1) is 0 Å². The van der Waals surface area contributed by atoms with Crippen molar-refractivity contribution < 1.29 is 36.2 Å². The topological polar surface area (TPSA) is 89.8 Å². The first-order valence-corrected chi connectivity index (χ1v) is 12.2. The summed E-state index contributed by atoms with van der Waals surface area (Å²) in [5.41, 5.74) is 1.76. The molecule has 4 aromatic rings. The number of hydrogen-bond acceptors (Lipinski definition) is 5. The minimum Gasteiger partial charge on any atom is -0.406 e. The van der Waals surface area contributed by atoms with Crippen LogP contribution in [0.15, 0.2) is 77.7 Å². The normalized spacial score (nSPS) is 21.4. The SMILES string of the molecule is O=S(=O)(N[C@@H]1COCC(n2c3ccccc3c3ccccc32)[C@H]1O)c1ccc(OC(F)(F)F)cc1. The van der Waals surface area contributed by atoms with E-state index in [2.05, 4.69) is 9.46 Å². The van der Waals surface area contributed by atoms with Gasteiger partial charge in [0.15, 0.2) is 0 Å². The summed E-state index contributed by atoms with van der Waals surface area (Å²) in [7, 11) is -4.17. The third-order valence-electron chi connectivity index (χ3n) is 6.02. The van der Waals surface area contributed by atoms with Gasteiger partial charge >= 0.3 is 6.36 Å². The maximum atomic E-state index is 12.9. The molecule has 184 valence electrons. The fraction of sp³-hybridized carbons (Fsp3) is 0.250. The molecule has 5 rings (SSSR count). The molecule has 7 nitrogen and oxygen atoms in total. The van der Waals surface area contributed by atoms with Gasteiger partial charge in [-0.3, -0.25) is 0 Å². The van der Waals surface area contributed by atoms with Crippen LogP contribution in [0.2, 0.25) is 0 Å². The highest BCUT2D eigenvalue weighted by molar-refractivity contribution is 7.89. The molecular formula is C24H21F3N2O5S. The zero-order valence-corrected chi connectivity index (χ0v) is 19.0. The summed E-state index contributed by atoms with van der Waals surface area (Å²) < 4.78 is 76.8. The number of ether oxygens (including phenoxy) is 2. The van der Waals surface area contributed by atoms with Gasteiger partial charge in [-0.25, -0.2) is 13.1 Å². The van der Waals surface area contributed by atoms with E-state index < -0.39 is 40.3 Å². The number of nitrogens with one attached hydrogen (secondary N) is 1. The predicted octanol–water partition coefficient (Wildman–Crippen LogP) is 3.97. The first-order chi connectivity index (χ1) is 16.6. The Morgan fingerprint density at radius 3 is 2.06 bits per heavy atom. The highest BCUT2D eigenvalue weighted by Crippen LogP contribution is 2.35. The van der Waals surface area contributed by atoms with Gasteiger partial charge in [0.1, 0.15) is 5.75 Å². The maximum Gasteiger partial charge on any atom is 0.573 e. The fourth-order valence-electron chi connectivity index (χ4n) is 4.51. The van der Waals surface area contributed by atoms with Gasteiger partial charge in [-0.2, -0.15) is 0 Å². The molecule has 1 aromatic heterocycles. The number of sulfonamides is 1. The third-order valence-corrected chi connectivity index (χ3v) is 7.52. The number of hydrogen-bond donors (Lipinski definition) is 2. The molecule has 3 aromatic carbocycles. The van der Waals surface area contributed by atoms with Crippen molar-refractivity contribution in [3.05, 3.63) is 72.8 Å². The van der Waals surface area contributed by atoms with Crippen LogP contribution in [0.4, 0.5) is 13.2 Å². The zero-order valence-electron chi connectivity index (χ0n) is 18.1. The summed E-state index contributed by atoms with van der Waals surface area (Å²) >= 11 is 0. The number of halogens is 3. The quantitative estimate of drug-likeness (QED) is 0.428. The molecule has 0 amide bonds. The lowest BCUT2D eigenvalue weighted by molar-refractivity contribution is -0.274. The number of aliphatic hydroxyl groups excluding tert-OH is 1. The highest BCUT2D eigenvalue weighted by Gasteiger charge is 2.38. The second-order valence-corrected chi connectivity index (χ2v) is 9.96. The van der Waals surface area contributed by atoms with E-state index in [9.17, 15) is 26.7 Å². The average Bonchev–Trinajstić information content (AvgIpc) is 3.14. The molecule has 1 aliphatic heterocycles. The zero-order chi connectivity index (χ0) is 24.8. The van der Waals surface area contributed by atoms with Gasteiger partial charge < -0.3 is 19.1 Å². The van der Waals surface area contributed by atoms with Crippen LogP contribution in [0.25, 0.3) is 21.8 Å². The Bertz CT molecular complexity index is 1420. The molecule has 0 saturated carbocycles. The van der Waals surface area contributed by atoms with Crippen LogP contribution in [0.3, 0.4) is 0 Å². The van der Waals surface area contributed by atoms with Crippen LogP contribution in [0.5, 0.6) is 5.75 Å². The molecule has 0 aliphatic carbocycles. The molecule has 3 atom stereocenters. The standard InChI is InChI=1S/C24H21F3N2O5S/c25-24(26,27)34-15-9-11-16(12-10-15)35(31,32)28-19-13-33-14-22(23(19)30)29-20-7-3-1-5-17(20)18-6-2-4-8-21(18)29/h1-12,19,22-23,28,30H,13-14H2/t19-,22?,23+/m1/s1. The number of fused-ring (bicyclic) bond motifs is 3. The van der Waals surface area contributed by atoms with Gasteiger partial charge in [0.2, 0.25) is 10.0 Å². The molecule has 1 unspecified atom stereocenters. The number of para-hydroxylation sites is 2. The van der Waals surface area contributed by atoms with Gasteiger partial charge in [0.25, 0.3) is 0 Å². The number of rotatable bonds is 5. The number of aromatic nitrogens is 1. The van der Waals surface area contributed by atoms with E-state index in [0.717, 1.165) is 46.1 Å². The minimum atomic E-state index is -4.88. The lowest BCUT2D eigenvalue weighted by Crippen LogP contribution is -2.53. The molecule has 1 fully saturated rings. The number of benzene rings is 3. The largest absolute Gasteiger partial charge is 0.573 e. The summed E-state index contributed by atoms with van der Waals surface area (Å²) in [6.07, 6.45) is -6.02. The van der Waals surface area contributed by atoms with Gasteiger partial charge in [-0.15, -0.1) is 13.2 Å². The van der Waals surface area contributed by atoms with Gasteiger partial charge in [0, 0.05) is 21.8 Å². The Morgan fingerprint density at radius 1 is 0.914 bits per heavy atom. The number of alkyl halides is 3. The molecule has 35 heavy (non-hydrogen) atoms. The van der Waals surface area contributed by atoms with Crippen LogP contribution >= 0.6 is 0 Å². The van der Waals surface area contributed by atoms with Crippen molar-refractivity contribution in [1.29, 1.82) is 0 Å². The van der Waals surface area contributed by atoms with E-state index in [-0.39, 0.29) is 18.1 Å². The van der Waals surface area contributed by atoms with Crippen molar-refractivity contribution in [3.8, 4) is 5.75 Å². The average molecular weight is 507 g/mol. The van der Waals surface area contributed by atoms with Crippen molar-refractivity contribution in [2.24, 2.45) is 0 Å². The summed E-state index contributed by atoms with van der Waals surface area (Å²) in [5.74, 6) is -0.538. The first kappa shape index (κ1) is 23.6. The van der Waals surface area contributed by atoms with Crippen molar-refractivity contribution in [3.63, 3.8) is 0 Å². The van der Waals surface area contributed by atoms with Crippen molar-refractivity contribution in [1.82, 2.24) is 9.29 Å². The smallest absolute Gasteiger partial charge is 0.406 e. The molecule has 2 heterocycles. The van der Waals surface area contributed by atoms with Crippen molar-refractivity contribution in [2.75, 3.05) is 13.2 Å². The first-order valence-electron chi connectivity index (χ1n) is 10.8. The summed E-state index contributed by atoms with van der Waals surface area (Å²) in [6.45, 7) is 0.106. The van der Waals surface area contributed by atoms with Gasteiger partial charge in [-0.05, 0) is 36.4 Å². The lowest BCUT2D eigenvalue weighted by atomic mass is 10.0. The summed E-state index contributed by atoms with van der Waals surface area (Å²) in [5, 5.41) is 13.2. The van der Waals surface area contributed by atoms with E-state index in [1.54, 1.807) is 0 Å². The second kappa shape index (κ2) is 8.83. The Labute approximate surface area is 198 Å². The van der Waals surface area contributed by atoms with E-state index in [0.29, 0.717) is 0 Å². The molecule has 0 spiro atoms. The minimum absolute atomic E-state index is 0.0662. The molecule has 11 heteroatoms. The third kappa shape index (κ3) is 4.59.